The van der Waals surface area contributed by atoms with Gasteiger partial charge in [0.25, 0.3) is 10.0 Å². The normalized spacial score (nSPS) is 16.2. The second-order valence-corrected chi connectivity index (χ2v) is 6.94. The summed E-state index contributed by atoms with van der Waals surface area (Å²) >= 11 is 5.95. The van der Waals surface area contributed by atoms with E-state index in [1.165, 1.54) is 19.3 Å². The van der Waals surface area contributed by atoms with Crippen molar-refractivity contribution in [1.82, 2.24) is 4.72 Å². The number of rotatable bonds is 6. The van der Waals surface area contributed by atoms with Crippen molar-refractivity contribution in [2.24, 2.45) is 4.99 Å². The quantitative estimate of drug-likeness (QED) is 0.806. The van der Waals surface area contributed by atoms with Gasteiger partial charge in [0.2, 0.25) is 0 Å². The van der Waals surface area contributed by atoms with Gasteiger partial charge in [-0.2, -0.15) is 0 Å². The van der Waals surface area contributed by atoms with Gasteiger partial charge in [-0.1, -0.05) is 50.3 Å². The molecule has 0 unspecified atom stereocenters. The number of hydrogen-bond donors (Lipinski definition) is 1. The molecule has 1 heterocycles. The number of unbranched alkanes of at least 4 members (excludes halogenated alkanes) is 4. The molecular formula is C14H19ClN2O2S. The van der Waals surface area contributed by atoms with Crippen molar-refractivity contribution in [3.63, 3.8) is 0 Å². The molecule has 0 fully saturated rings. The molecular weight excluding hydrogens is 296 g/mol. The molecule has 0 spiro atoms. The molecule has 110 valence electrons. The SMILES string of the molecule is CCCCCCCC1=Nc2cccc(Cl)c2S(=O)(=O)N1. The van der Waals surface area contributed by atoms with Gasteiger partial charge in [0.1, 0.15) is 10.7 Å². The summed E-state index contributed by atoms with van der Waals surface area (Å²) in [6.07, 6.45) is 6.28. The molecule has 0 radical (unpaired) electrons. The Morgan fingerprint density at radius 3 is 2.70 bits per heavy atom. The van der Waals surface area contributed by atoms with Crippen molar-refractivity contribution >= 4 is 33.1 Å². The lowest BCUT2D eigenvalue weighted by molar-refractivity contribution is 0.590. The predicted octanol–water partition coefficient (Wildman–Crippen LogP) is 4.02. The maximum atomic E-state index is 12.2. The minimum Gasteiger partial charge on any atom is -0.267 e. The van der Waals surface area contributed by atoms with E-state index in [-0.39, 0.29) is 9.92 Å². The molecule has 0 saturated carbocycles. The standard InChI is InChI=1S/C14H19ClN2O2S/c1-2-3-4-5-6-10-13-16-12-9-7-8-11(15)14(12)20(18,19)17-13/h7-9H,2-6,10H2,1H3,(H,16,17). The lowest BCUT2D eigenvalue weighted by Gasteiger charge is -2.18. The van der Waals surface area contributed by atoms with Gasteiger partial charge >= 0.3 is 0 Å². The largest absolute Gasteiger partial charge is 0.267 e. The first-order chi connectivity index (χ1) is 9.54. The highest BCUT2D eigenvalue weighted by molar-refractivity contribution is 7.90. The Morgan fingerprint density at radius 2 is 1.95 bits per heavy atom. The van der Waals surface area contributed by atoms with E-state index < -0.39 is 10.0 Å². The Balaban J connectivity index is 2.10. The van der Waals surface area contributed by atoms with Gasteiger partial charge in [0.05, 0.1) is 10.7 Å². The van der Waals surface area contributed by atoms with Crippen LogP contribution < -0.4 is 4.72 Å². The van der Waals surface area contributed by atoms with E-state index >= 15 is 0 Å². The van der Waals surface area contributed by atoms with E-state index in [1.807, 2.05) is 0 Å². The zero-order chi connectivity index (χ0) is 14.6. The Bertz CT molecular complexity index is 612. The number of fused-ring (bicyclic) bond motifs is 1. The van der Waals surface area contributed by atoms with Gasteiger partial charge in [0, 0.05) is 6.42 Å². The molecule has 1 aliphatic heterocycles. The van der Waals surface area contributed by atoms with Crippen LogP contribution in [0.5, 0.6) is 0 Å². The van der Waals surface area contributed by atoms with Crippen molar-refractivity contribution in [3.8, 4) is 0 Å². The summed E-state index contributed by atoms with van der Waals surface area (Å²) in [5.74, 6) is 0.510. The third-order valence-corrected chi connectivity index (χ3v) is 5.14. The number of aliphatic imine (C=N–C) groups is 1. The van der Waals surface area contributed by atoms with Crippen LogP contribution in [0, 0.1) is 0 Å². The topological polar surface area (TPSA) is 58.5 Å². The molecule has 0 atom stereocenters. The Labute approximate surface area is 125 Å². The van der Waals surface area contributed by atoms with E-state index in [0.717, 1.165) is 12.8 Å². The summed E-state index contributed by atoms with van der Waals surface area (Å²) in [6.45, 7) is 2.17. The second kappa shape index (κ2) is 6.59. The zero-order valence-electron chi connectivity index (χ0n) is 11.5. The monoisotopic (exact) mass is 314 g/mol. The first-order valence-corrected chi connectivity index (χ1v) is 8.79. The summed E-state index contributed by atoms with van der Waals surface area (Å²) in [5, 5.41) is 0.209. The summed E-state index contributed by atoms with van der Waals surface area (Å²) in [6, 6.07) is 4.95. The minimum absolute atomic E-state index is 0.0800. The molecule has 6 heteroatoms. The fraction of sp³-hybridized carbons (Fsp3) is 0.500. The van der Waals surface area contributed by atoms with Crippen LogP contribution in [0.15, 0.2) is 28.1 Å². The molecule has 1 N–H and O–H groups in total. The minimum atomic E-state index is -3.58. The maximum absolute atomic E-state index is 12.2. The van der Waals surface area contributed by atoms with Crippen molar-refractivity contribution in [2.45, 2.75) is 50.3 Å². The van der Waals surface area contributed by atoms with Gasteiger partial charge in [-0.15, -0.1) is 0 Å². The number of sulfonamides is 1. The Hall–Kier alpha value is -1.07. The van der Waals surface area contributed by atoms with Gasteiger partial charge < -0.3 is 0 Å². The molecule has 2 rings (SSSR count). The lowest BCUT2D eigenvalue weighted by atomic mass is 10.1. The van der Waals surface area contributed by atoms with Crippen LogP contribution >= 0.6 is 11.6 Å². The molecule has 4 nitrogen and oxygen atoms in total. The van der Waals surface area contributed by atoms with Crippen LogP contribution in [-0.4, -0.2) is 14.3 Å². The smallest absolute Gasteiger partial charge is 0.266 e. The Kier molecular flexibility index (Phi) is 5.05. The van der Waals surface area contributed by atoms with Crippen molar-refractivity contribution in [2.75, 3.05) is 0 Å². The average Bonchev–Trinajstić information content (AvgIpc) is 2.37. The third kappa shape index (κ3) is 3.52. The first-order valence-electron chi connectivity index (χ1n) is 6.93. The average molecular weight is 315 g/mol. The lowest BCUT2D eigenvalue weighted by Crippen LogP contribution is -2.33. The first kappa shape index (κ1) is 15.3. The molecule has 1 aromatic carbocycles. The van der Waals surface area contributed by atoms with Crippen LogP contribution in [0.25, 0.3) is 0 Å². The van der Waals surface area contributed by atoms with E-state index in [0.29, 0.717) is 17.9 Å². The maximum Gasteiger partial charge on any atom is 0.266 e. The highest BCUT2D eigenvalue weighted by Gasteiger charge is 2.27. The molecule has 0 bridgehead atoms. The molecule has 1 aliphatic rings. The summed E-state index contributed by atoms with van der Waals surface area (Å²) in [5.41, 5.74) is 0.430. The fourth-order valence-electron chi connectivity index (χ4n) is 2.23. The number of amidine groups is 1. The number of benzene rings is 1. The van der Waals surface area contributed by atoms with Crippen molar-refractivity contribution < 1.29 is 8.42 Å². The second-order valence-electron chi connectivity index (χ2n) is 4.92. The molecule has 0 aliphatic carbocycles. The van der Waals surface area contributed by atoms with Crippen LogP contribution in [0.2, 0.25) is 5.02 Å². The predicted molar refractivity (Wildman–Crippen MR) is 82.2 cm³/mol. The van der Waals surface area contributed by atoms with E-state index in [9.17, 15) is 8.42 Å². The van der Waals surface area contributed by atoms with Crippen molar-refractivity contribution in [3.05, 3.63) is 23.2 Å². The molecule has 0 amide bonds. The van der Waals surface area contributed by atoms with Gasteiger partial charge in [-0.25, -0.2) is 13.4 Å². The number of nitrogens with one attached hydrogen (secondary N) is 1. The summed E-state index contributed by atoms with van der Waals surface area (Å²) in [4.78, 5) is 4.44. The third-order valence-electron chi connectivity index (χ3n) is 3.24. The van der Waals surface area contributed by atoms with Crippen LogP contribution in [0.1, 0.15) is 45.4 Å². The Morgan fingerprint density at radius 1 is 1.20 bits per heavy atom. The van der Waals surface area contributed by atoms with Crippen LogP contribution in [0.3, 0.4) is 0 Å². The number of halogens is 1. The summed E-state index contributed by atoms with van der Waals surface area (Å²) in [7, 11) is -3.58. The molecule has 1 aromatic rings. The van der Waals surface area contributed by atoms with Gasteiger partial charge in [-0.3, -0.25) is 4.72 Å². The van der Waals surface area contributed by atoms with Gasteiger partial charge in [-0.05, 0) is 18.6 Å². The number of nitrogens with zero attached hydrogens (tertiary/aromatic N) is 1. The molecule has 0 aromatic heterocycles. The molecule has 20 heavy (non-hydrogen) atoms. The van der Waals surface area contributed by atoms with Crippen LogP contribution in [-0.2, 0) is 10.0 Å². The summed E-state index contributed by atoms with van der Waals surface area (Å²) < 4.78 is 26.8. The number of hydrogen-bond acceptors (Lipinski definition) is 3. The van der Waals surface area contributed by atoms with E-state index in [2.05, 4.69) is 16.6 Å². The zero-order valence-corrected chi connectivity index (χ0v) is 13.1. The van der Waals surface area contributed by atoms with Gasteiger partial charge in [0.15, 0.2) is 0 Å². The van der Waals surface area contributed by atoms with Crippen molar-refractivity contribution in [1.29, 1.82) is 0 Å². The molecule has 0 saturated heterocycles. The fourth-order valence-corrected chi connectivity index (χ4v) is 3.98. The van der Waals surface area contributed by atoms with Crippen LogP contribution in [0.4, 0.5) is 5.69 Å². The highest BCUT2D eigenvalue weighted by Crippen LogP contribution is 2.33. The highest BCUT2D eigenvalue weighted by atomic mass is 35.5. The van der Waals surface area contributed by atoms with E-state index in [4.69, 9.17) is 11.6 Å². The van der Waals surface area contributed by atoms with E-state index in [1.54, 1.807) is 18.2 Å².